The molecule has 7 heteroatoms. The molecular weight excluding hydrogens is 266 g/mol. The molecule has 0 aliphatic heterocycles. The van der Waals surface area contributed by atoms with Crippen LogP contribution >= 0.6 is 12.2 Å². The summed E-state index contributed by atoms with van der Waals surface area (Å²) in [7, 11) is 0. The van der Waals surface area contributed by atoms with Crippen LogP contribution in [0.3, 0.4) is 0 Å². The maximum atomic E-state index is 11.4. The van der Waals surface area contributed by atoms with Gasteiger partial charge in [0.15, 0.2) is 5.78 Å². The molecular formula is C12H13N3O3S. The van der Waals surface area contributed by atoms with Crippen LogP contribution in [-0.4, -0.2) is 15.7 Å². The first kappa shape index (κ1) is 14.8. The number of nitrogens with two attached hydrogens (primary N) is 1. The minimum Gasteiger partial charge on any atom is -0.402 e. The number of ketones is 1. The number of nitro groups is 1. The van der Waals surface area contributed by atoms with Crippen LogP contribution in [0.25, 0.3) is 0 Å². The second-order valence-electron chi connectivity index (χ2n) is 3.87. The molecule has 0 atom stereocenters. The van der Waals surface area contributed by atoms with Gasteiger partial charge < -0.3 is 11.1 Å². The van der Waals surface area contributed by atoms with E-state index in [0.717, 1.165) is 0 Å². The predicted molar refractivity (Wildman–Crippen MR) is 76.9 cm³/mol. The number of carbonyl (C=O) groups excluding carboxylic acids is 1. The van der Waals surface area contributed by atoms with Crippen molar-refractivity contribution in [2.45, 2.75) is 13.8 Å². The van der Waals surface area contributed by atoms with Gasteiger partial charge in [0, 0.05) is 23.5 Å². The van der Waals surface area contributed by atoms with Crippen molar-refractivity contribution >= 4 is 34.4 Å². The summed E-state index contributed by atoms with van der Waals surface area (Å²) in [6.45, 7) is 2.95. The van der Waals surface area contributed by atoms with Crippen molar-refractivity contribution in [2.24, 2.45) is 5.73 Å². The molecule has 1 aromatic rings. The van der Waals surface area contributed by atoms with Crippen LogP contribution in [0, 0.1) is 10.1 Å². The molecule has 19 heavy (non-hydrogen) atoms. The van der Waals surface area contributed by atoms with E-state index in [2.05, 4.69) is 5.32 Å². The van der Waals surface area contributed by atoms with Gasteiger partial charge in [-0.2, -0.15) is 0 Å². The third-order valence-electron chi connectivity index (χ3n) is 2.31. The molecule has 0 fully saturated rings. The zero-order chi connectivity index (χ0) is 14.6. The van der Waals surface area contributed by atoms with E-state index in [-0.39, 0.29) is 22.0 Å². The SMILES string of the molecule is CC(=O)/C(C(=S)Nc1ccc([N+](=O)[O-])cc1)=C(\C)N. The van der Waals surface area contributed by atoms with E-state index in [1.54, 1.807) is 6.92 Å². The number of non-ortho nitro benzene ring substituents is 1. The minimum atomic E-state index is -0.493. The Morgan fingerprint density at radius 3 is 2.21 bits per heavy atom. The van der Waals surface area contributed by atoms with Gasteiger partial charge in [0.1, 0.15) is 4.99 Å². The zero-order valence-corrected chi connectivity index (χ0v) is 11.3. The summed E-state index contributed by atoms with van der Waals surface area (Å²) in [5.41, 5.74) is 6.70. The number of nitrogens with one attached hydrogen (secondary N) is 1. The Morgan fingerprint density at radius 1 is 1.32 bits per heavy atom. The van der Waals surface area contributed by atoms with Gasteiger partial charge in [-0.05, 0) is 26.0 Å². The van der Waals surface area contributed by atoms with Gasteiger partial charge in [-0.25, -0.2) is 0 Å². The molecule has 0 bridgehead atoms. The van der Waals surface area contributed by atoms with E-state index in [1.807, 2.05) is 0 Å². The van der Waals surface area contributed by atoms with Crippen molar-refractivity contribution in [3.8, 4) is 0 Å². The van der Waals surface area contributed by atoms with Gasteiger partial charge in [-0.1, -0.05) is 12.2 Å². The van der Waals surface area contributed by atoms with Crippen molar-refractivity contribution in [2.75, 3.05) is 5.32 Å². The van der Waals surface area contributed by atoms with E-state index in [4.69, 9.17) is 18.0 Å². The average molecular weight is 279 g/mol. The Hall–Kier alpha value is -2.28. The molecule has 0 saturated carbocycles. The number of rotatable bonds is 4. The Balaban J connectivity index is 2.91. The van der Waals surface area contributed by atoms with Crippen LogP contribution in [-0.2, 0) is 4.79 Å². The number of anilines is 1. The van der Waals surface area contributed by atoms with Crippen molar-refractivity contribution < 1.29 is 9.72 Å². The first-order valence-corrected chi connectivity index (χ1v) is 5.77. The van der Waals surface area contributed by atoms with Crippen molar-refractivity contribution in [3.63, 3.8) is 0 Å². The van der Waals surface area contributed by atoms with Crippen LogP contribution in [0.1, 0.15) is 13.8 Å². The van der Waals surface area contributed by atoms with Crippen LogP contribution in [0.2, 0.25) is 0 Å². The average Bonchev–Trinajstić information content (AvgIpc) is 2.28. The molecule has 0 radical (unpaired) electrons. The van der Waals surface area contributed by atoms with Gasteiger partial charge in [-0.15, -0.1) is 0 Å². The number of allylic oxidation sites excluding steroid dienone is 1. The summed E-state index contributed by atoms with van der Waals surface area (Å²) >= 11 is 5.09. The molecule has 3 N–H and O–H groups in total. The summed E-state index contributed by atoms with van der Waals surface area (Å²) in [4.78, 5) is 21.6. The van der Waals surface area contributed by atoms with Gasteiger partial charge in [-0.3, -0.25) is 14.9 Å². The fourth-order valence-corrected chi connectivity index (χ4v) is 1.90. The molecule has 0 aliphatic carbocycles. The minimum absolute atomic E-state index is 0.0196. The second-order valence-corrected chi connectivity index (χ2v) is 4.28. The van der Waals surface area contributed by atoms with Gasteiger partial charge in [0.05, 0.1) is 10.5 Å². The van der Waals surface area contributed by atoms with E-state index in [1.165, 1.54) is 31.2 Å². The fraction of sp³-hybridized carbons (Fsp3) is 0.167. The normalized spacial score (nSPS) is 11.5. The van der Waals surface area contributed by atoms with Crippen molar-refractivity contribution in [1.29, 1.82) is 0 Å². The van der Waals surface area contributed by atoms with Gasteiger partial charge in [0.2, 0.25) is 0 Å². The summed E-state index contributed by atoms with van der Waals surface area (Å²) in [5.74, 6) is -0.237. The lowest BCUT2D eigenvalue weighted by atomic mass is 10.1. The summed E-state index contributed by atoms with van der Waals surface area (Å²) < 4.78 is 0. The summed E-state index contributed by atoms with van der Waals surface area (Å²) in [6.07, 6.45) is 0. The van der Waals surface area contributed by atoms with Crippen molar-refractivity contribution in [1.82, 2.24) is 0 Å². The number of carbonyl (C=O) groups is 1. The Morgan fingerprint density at radius 2 is 1.84 bits per heavy atom. The number of thiocarbonyl (C=S) groups is 1. The number of hydrogen-bond acceptors (Lipinski definition) is 5. The van der Waals surface area contributed by atoms with Crippen LogP contribution in [0.15, 0.2) is 35.5 Å². The predicted octanol–water partition coefficient (Wildman–Crippen LogP) is 2.16. The highest BCUT2D eigenvalue weighted by Crippen LogP contribution is 2.17. The van der Waals surface area contributed by atoms with Gasteiger partial charge in [0.25, 0.3) is 5.69 Å². The highest BCUT2D eigenvalue weighted by molar-refractivity contribution is 7.81. The fourth-order valence-electron chi connectivity index (χ4n) is 1.48. The first-order valence-electron chi connectivity index (χ1n) is 5.36. The first-order chi connectivity index (χ1) is 8.82. The van der Waals surface area contributed by atoms with Crippen LogP contribution in [0.5, 0.6) is 0 Å². The van der Waals surface area contributed by atoms with Crippen LogP contribution in [0.4, 0.5) is 11.4 Å². The molecule has 0 saturated heterocycles. The molecule has 6 nitrogen and oxygen atoms in total. The molecule has 100 valence electrons. The lowest BCUT2D eigenvalue weighted by Gasteiger charge is -2.10. The quantitative estimate of drug-likeness (QED) is 0.379. The van der Waals surface area contributed by atoms with Crippen molar-refractivity contribution in [3.05, 3.63) is 45.6 Å². The summed E-state index contributed by atoms with van der Waals surface area (Å²) in [5, 5.41) is 13.3. The smallest absolute Gasteiger partial charge is 0.269 e. The molecule has 0 aromatic heterocycles. The van der Waals surface area contributed by atoms with E-state index in [9.17, 15) is 14.9 Å². The molecule has 1 aromatic carbocycles. The number of nitrogens with zero attached hydrogens (tertiary/aromatic N) is 1. The molecule has 0 unspecified atom stereocenters. The monoisotopic (exact) mass is 279 g/mol. The lowest BCUT2D eigenvalue weighted by molar-refractivity contribution is -0.384. The molecule has 1 rings (SSSR count). The largest absolute Gasteiger partial charge is 0.402 e. The van der Waals surface area contributed by atoms with Gasteiger partial charge >= 0.3 is 0 Å². The van der Waals surface area contributed by atoms with E-state index < -0.39 is 4.92 Å². The number of benzene rings is 1. The number of hydrogen-bond donors (Lipinski definition) is 2. The Labute approximate surface area is 115 Å². The standard InChI is InChI=1S/C12H13N3O3S/c1-7(13)11(8(2)16)12(19)14-9-3-5-10(6-4-9)15(17)18/h3-6H,13H2,1-2H3,(H,14,19)/b11-7-. The number of nitro benzene ring substituents is 1. The molecule has 0 amide bonds. The third-order valence-corrected chi connectivity index (χ3v) is 2.62. The Kier molecular flexibility index (Phi) is 4.71. The maximum Gasteiger partial charge on any atom is 0.269 e. The topological polar surface area (TPSA) is 98.3 Å². The Bertz CT molecular complexity index is 560. The molecule has 0 aliphatic rings. The second kappa shape index (κ2) is 6.05. The van der Waals surface area contributed by atoms with E-state index in [0.29, 0.717) is 11.4 Å². The number of Topliss-reactive ketones (excluding diaryl/α,β-unsaturated/α-hetero) is 1. The zero-order valence-electron chi connectivity index (χ0n) is 10.5. The van der Waals surface area contributed by atoms with Crippen LogP contribution < -0.4 is 11.1 Å². The summed E-state index contributed by atoms with van der Waals surface area (Å²) in [6, 6.07) is 5.71. The molecule has 0 heterocycles. The highest BCUT2D eigenvalue weighted by atomic mass is 32.1. The lowest BCUT2D eigenvalue weighted by Crippen LogP contribution is -2.20. The molecule has 0 spiro atoms. The maximum absolute atomic E-state index is 11.4. The van der Waals surface area contributed by atoms with E-state index >= 15 is 0 Å². The third kappa shape index (κ3) is 3.85. The highest BCUT2D eigenvalue weighted by Gasteiger charge is 2.13.